The fourth-order valence-electron chi connectivity index (χ4n) is 2.26. The first-order valence-electron chi connectivity index (χ1n) is 6.13. The van der Waals surface area contributed by atoms with Gasteiger partial charge in [0.15, 0.2) is 0 Å². The molecule has 1 fully saturated rings. The number of hydrogen-bond acceptors (Lipinski definition) is 5. The summed E-state index contributed by atoms with van der Waals surface area (Å²) in [7, 11) is -1.97. The first kappa shape index (κ1) is 14.8. The van der Waals surface area contributed by atoms with Crippen LogP contribution in [0.25, 0.3) is 0 Å². The second kappa shape index (κ2) is 5.39. The largest absolute Gasteiger partial charge is 0.478 e. The number of benzene rings is 1. The van der Waals surface area contributed by atoms with Crippen molar-refractivity contribution in [2.24, 2.45) is 0 Å². The zero-order chi connectivity index (χ0) is 14.9. The lowest BCUT2D eigenvalue weighted by atomic mass is 10.2. The zero-order valence-corrected chi connectivity index (χ0v) is 11.9. The molecule has 0 saturated carbocycles. The Morgan fingerprint density at radius 1 is 1.50 bits per heavy atom. The third-order valence-corrected chi connectivity index (χ3v) is 4.82. The molecule has 1 atom stereocenters. The van der Waals surface area contributed by atoms with E-state index in [4.69, 9.17) is 10.8 Å². The van der Waals surface area contributed by atoms with Crippen LogP contribution in [-0.2, 0) is 10.0 Å². The zero-order valence-electron chi connectivity index (χ0n) is 11.0. The normalized spacial score (nSPS) is 20.1. The Kier molecular flexibility index (Phi) is 3.98. The summed E-state index contributed by atoms with van der Waals surface area (Å²) in [6, 6.07) is 3.54. The van der Waals surface area contributed by atoms with Crippen molar-refractivity contribution >= 4 is 21.7 Å². The molecule has 1 unspecified atom stereocenters. The van der Waals surface area contributed by atoms with Crippen LogP contribution in [0.3, 0.4) is 0 Å². The number of aromatic carboxylic acids is 1. The molecular weight excluding hydrogens is 282 g/mol. The van der Waals surface area contributed by atoms with E-state index in [1.165, 1.54) is 12.1 Å². The van der Waals surface area contributed by atoms with E-state index in [0.717, 1.165) is 12.6 Å². The number of rotatable bonds is 4. The number of carboxylic acids is 1. The summed E-state index contributed by atoms with van der Waals surface area (Å²) in [5.41, 5.74) is 5.40. The van der Waals surface area contributed by atoms with E-state index in [1.54, 1.807) is 0 Å². The van der Waals surface area contributed by atoms with Crippen molar-refractivity contribution in [3.8, 4) is 0 Å². The van der Waals surface area contributed by atoms with E-state index in [-0.39, 0.29) is 22.2 Å². The van der Waals surface area contributed by atoms with Crippen LogP contribution in [0.1, 0.15) is 16.8 Å². The van der Waals surface area contributed by atoms with Gasteiger partial charge in [-0.2, -0.15) is 0 Å². The summed E-state index contributed by atoms with van der Waals surface area (Å²) in [6.45, 7) is 1.41. The van der Waals surface area contributed by atoms with Gasteiger partial charge >= 0.3 is 5.97 Å². The monoisotopic (exact) mass is 299 g/mol. The van der Waals surface area contributed by atoms with Crippen LogP contribution in [-0.4, -0.2) is 50.6 Å². The minimum absolute atomic E-state index is 0.204. The molecule has 1 aromatic rings. The standard InChI is InChI=1S/C12H17N3O4S/c1-15-5-4-9(7-15)14-20(18,19)11-3-2-8(13)6-10(11)12(16)17/h2-3,6,9,14H,4-5,7,13H2,1H3,(H,16,17). The maximum absolute atomic E-state index is 12.3. The van der Waals surface area contributed by atoms with Crippen LogP contribution >= 0.6 is 0 Å². The van der Waals surface area contributed by atoms with Crippen molar-refractivity contribution in [3.63, 3.8) is 0 Å². The predicted molar refractivity (Wildman–Crippen MR) is 74.0 cm³/mol. The van der Waals surface area contributed by atoms with Crippen molar-refractivity contribution in [2.75, 3.05) is 25.9 Å². The van der Waals surface area contributed by atoms with Gasteiger partial charge in [0.1, 0.15) is 0 Å². The Hall–Kier alpha value is -1.64. The number of likely N-dealkylation sites (tertiary alicyclic amines) is 1. The Bertz CT molecular complexity index is 630. The van der Waals surface area contributed by atoms with Gasteiger partial charge in [0, 0.05) is 18.3 Å². The van der Waals surface area contributed by atoms with Gasteiger partial charge in [-0.15, -0.1) is 0 Å². The van der Waals surface area contributed by atoms with Crippen molar-refractivity contribution in [1.29, 1.82) is 0 Å². The second-order valence-electron chi connectivity index (χ2n) is 4.93. The molecule has 1 aliphatic heterocycles. The lowest BCUT2D eigenvalue weighted by Crippen LogP contribution is -2.37. The number of nitrogens with zero attached hydrogens (tertiary/aromatic N) is 1. The minimum atomic E-state index is -3.87. The highest BCUT2D eigenvalue weighted by molar-refractivity contribution is 7.89. The van der Waals surface area contributed by atoms with Crippen molar-refractivity contribution in [3.05, 3.63) is 23.8 Å². The highest BCUT2D eigenvalue weighted by atomic mass is 32.2. The quantitative estimate of drug-likeness (QED) is 0.672. The molecule has 1 aliphatic rings. The molecule has 8 heteroatoms. The molecule has 0 bridgehead atoms. The Morgan fingerprint density at radius 3 is 2.75 bits per heavy atom. The van der Waals surface area contributed by atoms with Crippen molar-refractivity contribution < 1.29 is 18.3 Å². The molecule has 1 aromatic carbocycles. The van der Waals surface area contributed by atoms with Gasteiger partial charge in [0.25, 0.3) is 0 Å². The average molecular weight is 299 g/mol. The summed E-state index contributed by atoms with van der Waals surface area (Å²) >= 11 is 0. The van der Waals surface area contributed by atoms with E-state index in [9.17, 15) is 13.2 Å². The van der Waals surface area contributed by atoms with E-state index in [2.05, 4.69) is 4.72 Å². The topological polar surface area (TPSA) is 113 Å². The van der Waals surface area contributed by atoms with Gasteiger partial charge in [0.2, 0.25) is 10.0 Å². The van der Waals surface area contributed by atoms with Gasteiger partial charge in [-0.25, -0.2) is 17.9 Å². The molecule has 0 amide bonds. The van der Waals surface area contributed by atoms with Gasteiger partial charge in [-0.1, -0.05) is 0 Å². The highest BCUT2D eigenvalue weighted by Crippen LogP contribution is 2.20. The molecule has 0 aliphatic carbocycles. The van der Waals surface area contributed by atoms with Crippen LogP contribution in [0.5, 0.6) is 0 Å². The molecule has 1 heterocycles. The number of carboxylic acid groups (broad SMARTS) is 1. The maximum Gasteiger partial charge on any atom is 0.337 e. The number of hydrogen-bond donors (Lipinski definition) is 3. The molecule has 7 nitrogen and oxygen atoms in total. The number of anilines is 1. The minimum Gasteiger partial charge on any atom is -0.478 e. The van der Waals surface area contributed by atoms with Gasteiger partial charge in [-0.3, -0.25) is 0 Å². The molecule has 4 N–H and O–H groups in total. The molecule has 0 aromatic heterocycles. The Morgan fingerprint density at radius 2 is 2.20 bits per heavy atom. The van der Waals surface area contributed by atoms with E-state index < -0.39 is 16.0 Å². The fourth-order valence-corrected chi connectivity index (χ4v) is 3.70. The van der Waals surface area contributed by atoms with Gasteiger partial charge in [0.05, 0.1) is 10.5 Å². The lowest BCUT2D eigenvalue weighted by Gasteiger charge is -2.15. The predicted octanol–water partition coefficient (Wildman–Crippen LogP) is -0.0506. The van der Waals surface area contributed by atoms with E-state index >= 15 is 0 Å². The number of nitrogens with one attached hydrogen (secondary N) is 1. The number of sulfonamides is 1. The first-order chi connectivity index (χ1) is 9.29. The SMILES string of the molecule is CN1CCC(NS(=O)(=O)c2ccc(N)cc2C(=O)O)C1. The number of likely N-dealkylation sites (N-methyl/N-ethyl adjacent to an activating group) is 1. The average Bonchev–Trinajstić information content (AvgIpc) is 2.73. The summed E-state index contributed by atoms with van der Waals surface area (Å²) in [6.07, 6.45) is 0.701. The summed E-state index contributed by atoms with van der Waals surface area (Å²) in [5.74, 6) is -1.32. The molecule has 20 heavy (non-hydrogen) atoms. The smallest absolute Gasteiger partial charge is 0.337 e. The second-order valence-corrected chi connectivity index (χ2v) is 6.61. The van der Waals surface area contributed by atoms with Crippen LogP contribution in [0.15, 0.2) is 23.1 Å². The van der Waals surface area contributed by atoms with Crippen LogP contribution < -0.4 is 10.5 Å². The van der Waals surface area contributed by atoms with Gasteiger partial charge < -0.3 is 15.7 Å². The van der Waals surface area contributed by atoms with Crippen molar-refractivity contribution in [2.45, 2.75) is 17.4 Å². The number of nitrogen functional groups attached to an aromatic ring is 1. The number of carbonyl (C=O) groups is 1. The first-order valence-corrected chi connectivity index (χ1v) is 7.61. The lowest BCUT2D eigenvalue weighted by molar-refractivity contribution is 0.0692. The third kappa shape index (κ3) is 3.09. The fraction of sp³-hybridized carbons (Fsp3) is 0.417. The van der Waals surface area contributed by atoms with E-state index in [0.29, 0.717) is 13.0 Å². The Labute approximate surface area is 117 Å². The van der Waals surface area contributed by atoms with E-state index in [1.807, 2.05) is 11.9 Å². The van der Waals surface area contributed by atoms with Gasteiger partial charge in [-0.05, 0) is 38.2 Å². The summed E-state index contributed by atoms with van der Waals surface area (Å²) in [4.78, 5) is 12.9. The molecule has 1 saturated heterocycles. The maximum atomic E-state index is 12.3. The molecule has 0 spiro atoms. The highest BCUT2D eigenvalue weighted by Gasteiger charge is 2.28. The molecule has 0 radical (unpaired) electrons. The van der Waals surface area contributed by atoms with Crippen LogP contribution in [0, 0.1) is 0 Å². The van der Waals surface area contributed by atoms with Crippen LogP contribution in [0.4, 0.5) is 5.69 Å². The Balaban J connectivity index is 2.32. The van der Waals surface area contributed by atoms with Crippen LogP contribution in [0.2, 0.25) is 0 Å². The molecule has 110 valence electrons. The summed E-state index contributed by atoms with van der Waals surface area (Å²) in [5, 5.41) is 9.10. The molecular formula is C12H17N3O4S. The number of nitrogens with two attached hydrogens (primary N) is 1. The van der Waals surface area contributed by atoms with Crippen molar-refractivity contribution in [1.82, 2.24) is 9.62 Å². The summed E-state index contributed by atoms with van der Waals surface area (Å²) < 4.78 is 27.1. The third-order valence-electron chi connectivity index (χ3n) is 3.24. The molecule has 2 rings (SSSR count).